The largest absolute Gasteiger partial charge is 0.349 e. The molecule has 27 heavy (non-hydrogen) atoms. The summed E-state index contributed by atoms with van der Waals surface area (Å²) < 4.78 is 0. The van der Waals surface area contributed by atoms with E-state index in [1.54, 1.807) is 30.2 Å². The lowest BCUT2D eigenvalue weighted by atomic mass is 9.93. The molecule has 1 saturated heterocycles. The summed E-state index contributed by atoms with van der Waals surface area (Å²) in [4.78, 5) is 45.7. The fourth-order valence-corrected chi connectivity index (χ4v) is 3.42. The van der Waals surface area contributed by atoms with Gasteiger partial charge in [0.05, 0.1) is 5.56 Å². The molecule has 2 aromatic heterocycles. The highest BCUT2D eigenvalue weighted by atomic mass is 16.2. The zero-order valence-electron chi connectivity index (χ0n) is 15.8. The first-order chi connectivity index (χ1) is 12.9. The Balaban J connectivity index is 1.65. The van der Waals surface area contributed by atoms with E-state index in [-0.39, 0.29) is 34.9 Å². The molecule has 0 aliphatic carbocycles. The molecule has 0 bridgehead atoms. The van der Waals surface area contributed by atoms with Gasteiger partial charge in [-0.05, 0) is 49.9 Å². The van der Waals surface area contributed by atoms with Crippen molar-refractivity contribution in [1.82, 2.24) is 20.2 Å². The Hall–Kier alpha value is -2.96. The Morgan fingerprint density at radius 2 is 2.04 bits per heavy atom. The SMILES string of the molecule is Cc1ccc(C(=O)N2CCC(NC(=O)c3c(C)cc[nH]c3=O)C(C)C2)cn1. The maximum absolute atomic E-state index is 12.6. The van der Waals surface area contributed by atoms with Crippen LogP contribution in [-0.4, -0.2) is 45.8 Å². The average Bonchev–Trinajstić information content (AvgIpc) is 2.63. The predicted molar refractivity (Wildman–Crippen MR) is 102 cm³/mol. The summed E-state index contributed by atoms with van der Waals surface area (Å²) in [7, 11) is 0. The summed E-state index contributed by atoms with van der Waals surface area (Å²) in [6, 6.07) is 5.23. The molecule has 1 aliphatic heterocycles. The molecular formula is C20H24N4O3. The fourth-order valence-electron chi connectivity index (χ4n) is 3.42. The van der Waals surface area contributed by atoms with Crippen molar-refractivity contribution in [2.24, 2.45) is 5.92 Å². The first-order valence-corrected chi connectivity index (χ1v) is 9.08. The van der Waals surface area contributed by atoms with E-state index < -0.39 is 0 Å². The highest BCUT2D eigenvalue weighted by Gasteiger charge is 2.31. The quantitative estimate of drug-likeness (QED) is 0.861. The monoisotopic (exact) mass is 368 g/mol. The van der Waals surface area contributed by atoms with E-state index in [2.05, 4.69) is 15.3 Å². The highest BCUT2D eigenvalue weighted by Crippen LogP contribution is 2.19. The third-order valence-electron chi connectivity index (χ3n) is 5.06. The number of rotatable bonds is 3. The number of amides is 2. The lowest BCUT2D eigenvalue weighted by Crippen LogP contribution is -2.52. The predicted octanol–water partition coefficient (Wildman–Crippen LogP) is 1.67. The molecule has 3 heterocycles. The number of carbonyl (C=O) groups is 2. The fraction of sp³-hybridized carbons (Fsp3) is 0.400. The summed E-state index contributed by atoms with van der Waals surface area (Å²) >= 11 is 0. The molecule has 2 unspecified atom stereocenters. The number of piperidine rings is 1. The van der Waals surface area contributed by atoms with Crippen LogP contribution in [0.15, 0.2) is 35.4 Å². The summed E-state index contributed by atoms with van der Waals surface area (Å²) in [6.45, 7) is 6.71. The zero-order valence-corrected chi connectivity index (χ0v) is 15.8. The number of hydrogen-bond donors (Lipinski definition) is 2. The van der Waals surface area contributed by atoms with Crippen LogP contribution in [0.4, 0.5) is 0 Å². The summed E-state index contributed by atoms with van der Waals surface area (Å²) in [6.07, 6.45) is 3.77. The number of aromatic nitrogens is 2. The van der Waals surface area contributed by atoms with Crippen LogP contribution in [0.2, 0.25) is 0 Å². The second-order valence-electron chi connectivity index (χ2n) is 7.15. The van der Waals surface area contributed by atoms with Crippen molar-refractivity contribution in [3.63, 3.8) is 0 Å². The standard InChI is InChI=1S/C20H24N4O3/c1-12-6-8-21-18(25)17(12)19(26)23-16-7-9-24(11-13(16)2)20(27)15-5-4-14(3)22-10-15/h4-6,8,10,13,16H,7,9,11H2,1-3H3,(H,21,25)(H,23,26). The minimum atomic E-state index is -0.389. The third kappa shape index (κ3) is 4.07. The van der Waals surface area contributed by atoms with Crippen LogP contribution in [-0.2, 0) is 0 Å². The number of aromatic amines is 1. The van der Waals surface area contributed by atoms with Crippen molar-refractivity contribution in [3.8, 4) is 0 Å². The first kappa shape index (κ1) is 18.8. The summed E-state index contributed by atoms with van der Waals surface area (Å²) in [5.41, 5.74) is 1.84. The molecule has 1 aliphatic rings. The molecule has 0 aromatic carbocycles. The Morgan fingerprint density at radius 1 is 1.26 bits per heavy atom. The number of likely N-dealkylation sites (tertiary alicyclic amines) is 1. The van der Waals surface area contributed by atoms with Crippen molar-refractivity contribution in [3.05, 3.63) is 63.3 Å². The normalized spacial score (nSPS) is 19.6. The van der Waals surface area contributed by atoms with Crippen LogP contribution < -0.4 is 10.9 Å². The van der Waals surface area contributed by atoms with Gasteiger partial charge in [-0.3, -0.25) is 19.4 Å². The number of carbonyl (C=O) groups excluding carboxylic acids is 2. The van der Waals surface area contributed by atoms with Gasteiger partial charge < -0.3 is 15.2 Å². The maximum Gasteiger partial charge on any atom is 0.261 e. The molecule has 2 atom stereocenters. The van der Waals surface area contributed by atoms with E-state index >= 15 is 0 Å². The van der Waals surface area contributed by atoms with Crippen molar-refractivity contribution >= 4 is 11.8 Å². The Kier molecular flexibility index (Phi) is 5.39. The summed E-state index contributed by atoms with van der Waals surface area (Å²) in [5, 5.41) is 2.96. The van der Waals surface area contributed by atoms with Crippen LogP contribution in [0.1, 0.15) is 45.3 Å². The van der Waals surface area contributed by atoms with Crippen LogP contribution in [0, 0.1) is 19.8 Å². The van der Waals surface area contributed by atoms with Gasteiger partial charge in [-0.25, -0.2) is 0 Å². The Bertz CT molecular complexity index is 904. The molecule has 7 nitrogen and oxygen atoms in total. The van der Waals surface area contributed by atoms with Crippen LogP contribution in [0.3, 0.4) is 0 Å². The van der Waals surface area contributed by atoms with Crippen LogP contribution in [0.25, 0.3) is 0 Å². The second kappa shape index (κ2) is 7.73. The van der Waals surface area contributed by atoms with Gasteiger partial charge >= 0.3 is 0 Å². The van der Waals surface area contributed by atoms with Gasteiger partial charge in [0.2, 0.25) is 0 Å². The van der Waals surface area contributed by atoms with E-state index in [9.17, 15) is 14.4 Å². The maximum atomic E-state index is 12.6. The third-order valence-corrected chi connectivity index (χ3v) is 5.06. The van der Waals surface area contributed by atoms with Gasteiger partial charge in [0.1, 0.15) is 5.56 Å². The highest BCUT2D eigenvalue weighted by molar-refractivity contribution is 5.95. The van der Waals surface area contributed by atoms with Gasteiger partial charge in [-0.2, -0.15) is 0 Å². The minimum absolute atomic E-state index is 0.0468. The van der Waals surface area contributed by atoms with Crippen molar-refractivity contribution < 1.29 is 9.59 Å². The minimum Gasteiger partial charge on any atom is -0.349 e. The van der Waals surface area contributed by atoms with Crippen molar-refractivity contribution in [1.29, 1.82) is 0 Å². The lowest BCUT2D eigenvalue weighted by molar-refractivity contribution is 0.0632. The van der Waals surface area contributed by atoms with Crippen molar-refractivity contribution in [2.75, 3.05) is 13.1 Å². The summed E-state index contributed by atoms with van der Waals surface area (Å²) in [5.74, 6) is -0.337. The van der Waals surface area contributed by atoms with Gasteiger partial charge in [-0.1, -0.05) is 6.92 Å². The molecule has 3 rings (SSSR count). The average molecular weight is 368 g/mol. The lowest BCUT2D eigenvalue weighted by Gasteiger charge is -2.37. The van der Waals surface area contributed by atoms with Crippen molar-refractivity contribution in [2.45, 2.75) is 33.2 Å². The number of hydrogen-bond acceptors (Lipinski definition) is 4. The van der Waals surface area contributed by atoms with Crippen LogP contribution in [0.5, 0.6) is 0 Å². The van der Waals surface area contributed by atoms with Crippen LogP contribution >= 0.6 is 0 Å². The molecule has 0 saturated carbocycles. The number of aryl methyl sites for hydroxylation is 2. The molecule has 2 N–H and O–H groups in total. The van der Waals surface area contributed by atoms with E-state index in [0.717, 1.165) is 5.69 Å². The van der Waals surface area contributed by atoms with E-state index in [1.165, 1.54) is 6.20 Å². The molecule has 2 amide bonds. The molecule has 1 fully saturated rings. The van der Waals surface area contributed by atoms with Gasteiger partial charge in [0.25, 0.3) is 17.4 Å². The van der Waals surface area contributed by atoms with E-state index in [0.29, 0.717) is 30.6 Å². The Labute approximate surface area is 157 Å². The van der Waals surface area contributed by atoms with E-state index in [1.807, 2.05) is 19.9 Å². The smallest absolute Gasteiger partial charge is 0.261 e. The second-order valence-corrected chi connectivity index (χ2v) is 7.15. The molecular weight excluding hydrogens is 344 g/mol. The Morgan fingerprint density at radius 3 is 2.67 bits per heavy atom. The number of nitrogens with zero attached hydrogens (tertiary/aromatic N) is 2. The topological polar surface area (TPSA) is 95.2 Å². The molecule has 2 aromatic rings. The van der Waals surface area contributed by atoms with Gasteiger partial charge in [0.15, 0.2) is 0 Å². The molecule has 0 spiro atoms. The molecule has 0 radical (unpaired) electrons. The van der Waals surface area contributed by atoms with Gasteiger partial charge in [0, 0.05) is 37.2 Å². The zero-order chi connectivity index (χ0) is 19.6. The molecule has 7 heteroatoms. The molecule has 142 valence electrons. The number of nitrogens with one attached hydrogen (secondary N) is 2. The van der Waals surface area contributed by atoms with E-state index in [4.69, 9.17) is 0 Å². The first-order valence-electron chi connectivity index (χ1n) is 9.08. The van der Waals surface area contributed by atoms with Gasteiger partial charge in [-0.15, -0.1) is 0 Å². The number of H-pyrrole nitrogens is 1. The number of pyridine rings is 2.